The smallest absolute Gasteiger partial charge is 0.228 e. The van der Waals surface area contributed by atoms with E-state index in [4.69, 9.17) is 9.72 Å². The van der Waals surface area contributed by atoms with Crippen molar-refractivity contribution in [2.45, 2.75) is 13.3 Å². The van der Waals surface area contributed by atoms with Crippen molar-refractivity contribution in [2.75, 3.05) is 50.6 Å². The summed E-state index contributed by atoms with van der Waals surface area (Å²) in [6, 6.07) is 11.8. The minimum atomic E-state index is -0.0299. The van der Waals surface area contributed by atoms with E-state index in [1.54, 1.807) is 18.4 Å². The molecule has 1 aliphatic heterocycles. The molecule has 0 spiro atoms. The third-order valence-electron chi connectivity index (χ3n) is 5.26. The highest BCUT2D eigenvalue weighted by Crippen LogP contribution is 2.31. The molecule has 0 aliphatic carbocycles. The molecule has 6 nitrogen and oxygen atoms in total. The van der Waals surface area contributed by atoms with Crippen LogP contribution in [0.2, 0.25) is 0 Å². The molecule has 0 unspecified atom stereocenters. The van der Waals surface area contributed by atoms with E-state index in [9.17, 15) is 4.79 Å². The minimum Gasteiger partial charge on any atom is -0.496 e. The molecule has 152 valence electrons. The van der Waals surface area contributed by atoms with Gasteiger partial charge in [0.15, 0.2) is 5.13 Å². The molecule has 1 fully saturated rings. The van der Waals surface area contributed by atoms with Gasteiger partial charge in [-0.3, -0.25) is 4.79 Å². The number of amides is 1. The third-order valence-corrected chi connectivity index (χ3v) is 6.34. The molecular weight excluding hydrogens is 384 g/mol. The zero-order valence-corrected chi connectivity index (χ0v) is 17.9. The van der Waals surface area contributed by atoms with Gasteiger partial charge in [0.05, 0.1) is 23.7 Å². The van der Waals surface area contributed by atoms with E-state index in [1.165, 1.54) is 0 Å². The van der Waals surface area contributed by atoms with Gasteiger partial charge in [-0.05, 0) is 49.4 Å². The summed E-state index contributed by atoms with van der Waals surface area (Å²) in [6.45, 7) is 6.10. The Hall–Kier alpha value is -2.64. The van der Waals surface area contributed by atoms with Gasteiger partial charge < -0.3 is 19.9 Å². The first-order valence-corrected chi connectivity index (χ1v) is 10.6. The number of thiazole rings is 1. The van der Waals surface area contributed by atoms with Gasteiger partial charge in [-0.2, -0.15) is 0 Å². The van der Waals surface area contributed by atoms with E-state index < -0.39 is 0 Å². The second-order valence-electron chi connectivity index (χ2n) is 7.50. The second kappa shape index (κ2) is 8.39. The number of ether oxygens (including phenoxy) is 1. The van der Waals surface area contributed by atoms with Gasteiger partial charge in [0, 0.05) is 31.9 Å². The van der Waals surface area contributed by atoms with Crippen LogP contribution in [0.3, 0.4) is 0 Å². The fourth-order valence-corrected chi connectivity index (χ4v) is 4.62. The largest absolute Gasteiger partial charge is 0.496 e. The molecule has 0 radical (unpaired) electrons. The summed E-state index contributed by atoms with van der Waals surface area (Å²) in [5.41, 5.74) is 3.78. The van der Waals surface area contributed by atoms with Crippen molar-refractivity contribution in [3.8, 4) is 5.75 Å². The lowest BCUT2D eigenvalue weighted by atomic mass is 10.1. The van der Waals surface area contributed by atoms with E-state index in [2.05, 4.69) is 22.2 Å². The van der Waals surface area contributed by atoms with E-state index >= 15 is 0 Å². The number of rotatable bonds is 5. The van der Waals surface area contributed by atoms with Crippen molar-refractivity contribution < 1.29 is 9.53 Å². The molecule has 1 amide bonds. The molecule has 1 aliphatic rings. The Morgan fingerprint density at radius 3 is 2.69 bits per heavy atom. The van der Waals surface area contributed by atoms with Crippen molar-refractivity contribution >= 4 is 38.3 Å². The summed E-state index contributed by atoms with van der Waals surface area (Å²) < 4.78 is 6.38. The Balaban J connectivity index is 1.44. The number of piperazine rings is 1. The number of likely N-dealkylation sites (N-methyl/N-ethyl adjacent to an activating group) is 1. The lowest BCUT2D eigenvalue weighted by Crippen LogP contribution is -2.44. The first-order chi connectivity index (χ1) is 14.0. The maximum absolute atomic E-state index is 12.5. The summed E-state index contributed by atoms with van der Waals surface area (Å²) in [5, 5.41) is 4.07. The number of carbonyl (C=O) groups excluding carboxylic acids is 1. The molecule has 0 atom stereocenters. The number of methoxy groups -OCH3 is 1. The SMILES string of the molecule is COc1ccc(CC(=O)Nc2ccc3nc(N4CCN(C)CC4)sc3c2)cc1C. The number of hydrogen-bond acceptors (Lipinski definition) is 6. The highest BCUT2D eigenvalue weighted by atomic mass is 32.1. The topological polar surface area (TPSA) is 57.7 Å². The number of aromatic nitrogens is 1. The standard InChI is InChI=1S/C22H26N4O2S/c1-15-12-16(4-7-19(15)28-3)13-21(27)23-17-5-6-18-20(14-17)29-22(24-18)26-10-8-25(2)9-11-26/h4-7,12,14H,8-11,13H2,1-3H3,(H,23,27). The summed E-state index contributed by atoms with van der Waals surface area (Å²) in [6.07, 6.45) is 0.331. The van der Waals surface area contributed by atoms with Gasteiger partial charge in [0.1, 0.15) is 5.75 Å². The van der Waals surface area contributed by atoms with Crippen LogP contribution in [-0.4, -0.2) is 56.1 Å². The van der Waals surface area contributed by atoms with E-state index in [0.717, 1.165) is 64.1 Å². The molecule has 3 aromatic rings. The monoisotopic (exact) mass is 410 g/mol. The molecule has 7 heteroatoms. The van der Waals surface area contributed by atoms with E-state index in [-0.39, 0.29) is 5.91 Å². The molecule has 1 aromatic heterocycles. The number of benzene rings is 2. The number of fused-ring (bicyclic) bond motifs is 1. The van der Waals surface area contributed by atoms with Gasteiger partial charge >= 0.3 is 0 Å². The number of nitrogens with zero attached hydrogens (tertiary/aromatic N) is 3. The van der Waals surface area contributed by atoms with Crippen LogP contribution in [0.25, 0.3) is 10.2 Å². The lowest BCUT2D eigenvalue weighted by molar-refractivity contribution is -0.115. The molecule has 2 aromatic carbocycles. The summed E-state index contributed by atoms with van der Waals surface area (Å²) in [5.74, 6) is 0.804. The van der Waals surface area contributed by atoms with Gasteiger partial charge in [0.2, 0.25) is 5.91 Å². The molecule has 0 saturated carbocycles. The predicted octanol–water partition coefficient (Wildman–Crippen LogP) is 3.55. The van der Waals surface area contributed by atoms with Crippen LogP contribution < -0.4 is 15.0 Å². The molecule has 1 saturated heterocycles. The Labute approximate surface area is 175 Å². The molecule has 0 bridgehead atoms. The summed E-state index contributed by atoms with van der Waals surface area (Å²) >= 11 is 1.69. The van der Waals surface area contributed by atoms with Crippen molar-refractivity contribution in [3.63, 3.8) is 0 Å². The van der Waals surface area contributed by atoms with Crippen LogP contribution in [0.1, 0.15) is 11.1 Å². The van der Waals surface area contributed by atoms with Crippen LogP contribution >= 0.6 is 11.3 Å². The quantitative estimate of drug-likeness (QED) is 0.697. The maximum Gasteiger partial charge on any atom is 0.228 e. The van der Waals surface area contributed by atoms with Crippen LogP contribution in [0, 0.1) is 6.92 Å². The predicted molar refractivity (Wildman–Crippen MR) is 119 cm³/mol. The number of carbonyl (C=O) groups is 1. The Bertz CT molecular complexity index is 1020. The van der Waals surface area contributed by atoms with Gasteiger partial charge in [-0.1, -0.05) is 23.5 Å². The number of hydrogen-bond donors (Lipinski definition) is 1. The van der Waals surface area contributed by atoms with Gasteiger partial charge in [-0.25, -0.2) is 4.98 Å². The lowest BCUT2D eigenvalue weighted by Gasteiger charge is -2.31. The molecular formula is C22H26N4O2S. The highest BCUT2D eigenvalue weighted by Gasteiger charge is 2.18. The number of anilines is 2. The van der Waals surface area contributed by atoms with Crippen LogP contribution in [0.15, 0.2) is 36.4 Å². The summed E-state index contributed by atoms with van der Waals surface area (Å²) in [4.78, 5) is 22.0. The Kier molecular flexibility index (Phi) is 5.69. The zero-order valence-electron chi connectivity index (χ0n) is 17.1. The van der Waals surface area contributed by atoms with Crippen LogP contribution in [-0.2, 0) is 11.2 Å². The minimum absolute atomic E-state index is 0.0299. The average Bonchev–Trinajstić information content (AvgIpc) is 3.12. The average molecular weight is 411 g/mol. The van der Waals surface area contributed by atoms with Crippen molar-refractivity contribution in [1.29, 1.82) is 0 Å². The first kappa shape index (κ1) is 19.7. The third kappa shape index (κ3) is 4.52. The second-order valence-corrected chi connectivity index (χ2v) is 8.51. The fraction of sp³-hybridized carbons (Fsp3) is 0.364. The molecule has 1 N–H and O–H groups in total. The first-order valence-electron chi connectivity index (χ1n) is 9.79. The van der Waals surface area contributed by atoms with E-state index in [1.807, 2.05) is 43.3 Å². The normalized spacial score (nSPS) is 14.9. The van der Waals surface area contributed by atoms with Crippen molar-refractivity contribution in [1.82, 2.24) is 9.88 Å². The zero-order chi connectivity index (χ0) is 20.4. The fourth-order valence-electron chi connectivity index (χ4n) is 3.56. The van der Waals surface area contributed by atoms with Crippen LogP contribution in [0.4, 0.5) is 10.8 Å². The van der Waals surface area contributed by atoms with Crippen molar-refractivity contribution in [3.05, 3.63) is 47.5 Å². The number of nitrogens with one attached hydrogen (secondary N) is 1. The molecule has 2 heterocycles. The van der Waals surface area contributed by atoms with Crippen LogP contribution in [0.5, 0.6) is 5.75 Å². The highest BCUT2D eigenvalue weighted by molar-refractivity contribution is 7.22. The molecule has 29 heavy (non-hydrogen) atoms. The summed E-state index contributed by atoms with van der Waals surface area (Å²) in [7, 11) is 3.80. The Morgan fingerprint density at radius 2 is 1.97 bits per heavy atom. The van der Waals surface area contributed by atoms with E-state index in [0.29, 0.717) is 6.42 Å². The van der Waals surface area contributed by atoms with Gasteiger partial charge in [-0.15, -0.1) is 0 Å². The molecule has 4 rings (SSSR count). The maximum atomic E-state index is 12.5. The van der Waals surface area contributed by atoms with Crippen molar-refractivity contribution in [2.24, 2.45) is 0 Å². The Morgan fingerprint density at radius 1 is 1.17 bits per heavy atom. The number of aryl methyl sites for hydroxylation is 1. The van der Waals surface area contributed by atoms with Gasteiger partial charge in [0.25, 0.3) is 0 Å².